The molecule has 1 aromatic carbocycles. The van der Waals surface area contributed by atoms with Crippen molar-refractivity contribution >= 4 is 11.7 Å². The summed E-state index contributed by atoms with van der Waals surface area (Å²) < 4.78 is 5.79. The van der Waals surface area contributed by atoms with Crippen LogP contribution in [0.3, 0.4) is 0 Å². The second kappa shape index (κ2) is 6.78. The van der Waals surface area contributed by atoms with Crippen LogP contribution >= 0.6 is 0 Å². The maximum atomic E-state index is 7.59. The minimum atomic E-state index is -0.152. The number of benzene rings is 1. The molecule has 19 heavy (non-hydrogen) atoms. The van der Waals surface area contributed by atoms with Crippen molar-refractivity contribution in [2.45, 2.75) is 32.8 Å². The van der Waals surface area contributed by atoms with Crippen LogP contribution in [-0.2, 0) is 0 Å². The van der Waals surface area contributed by atoms with E-state index in [0.717, 1.165) is 12.8 Å². The van der Waals surface area contributed by atoms with Gasteiger partial charge >= 0.3 is 0 Å². The average molecular weight is 262 g/mol. The van der Waals surface area contributed by atoms with Crippen molar-refractivity contribution in [2.24, 2.45) is 17.4 Å². The molecule has 0 bridgehead atoms. The van der Waals surface area contributed by atoms with Crippen LogP contribution in [0.4, 0.5) is 0 Å². The molecule has 0 saturated heterocycles. The topological polar surface area (TPSA) is 109 Å². The van der Waals surface area contributed by atoms with Gasteiger partial charge in [0.1, 0.15) is 17.7 Å². The normalized spacial score (nSPS) is 13.6. The predicted molar refractivity (Wildman–Crippen MR) is 77.9 cm³/mol. The molecule has 0 saturated carbocycles. The highest BCUT2D eigenvalue weighted by Gasteiger charge is 2.21. The van der Waals surface area contributed by atoms with Crippen molar-refractivity contribution in [3.05, 3.63) is 29.8 Å². The minimum Gasteiger partial charge on any atom is -0.490 e. The number of amidine groups is 2. The second-order valence-electron chi connectivity index (χ2n) is 4.61. The number of hydrogen-bond acceptors (Lipinski definition) is 3. The minimum absolute atomic E-state index is 0.0344. The Labute approximate surface area is 114 Å². The molecule has 6 N–H and O–H groups in total. The van der Waals surface area contributed by atoms with E-state index < -0.39 is 0 Å². The summed E-state index contributed by atoms with van der Waals surface area (Å²) in [5.41, 5.74) is 11.7. The largest absolute Gasteiger partial charge is 0.490 e. The van der Waals surface area contributed by atoms with Crippen LogP contribution in [0, 0.1) is 16.7 Å². The van der Waals surface area contributed by atoms with Crippen molar-refractivity contribution in [1.29, 1.82) is 10.8 Å². The van der Waals surface area contributed by atoms with Crippen LogP contribution in [0.1, 0.15) is 32.3 Å². The van der Waals surface area contributed by atoms with Crippen molar-refractivity contribution in [3.63, 3.8) is 0 Å². The molecule has 0 amide bonds. The Kier molecular flexibility index (Phi) is 5.36. The maximum absolute atomic E-state index is 7.59. The summed E-state index contributed by atoms with van der Waals surface area (Å²) in [6.07, 6.45) is 1.64. The first kappa shape index (κ1) is 15.0. The molecule has 5 nitrogen and oxygen atoms in total. The number of hydrogen-bond donors (Lipinski definition) is 4. The number of nitrogens with one attached hydrogen (secondary N) is 2. The molecule has 0 aliphatic carbocycles. The highest BCUT2D eigenvalue weighted by atomic mass is 16.5. The first-order chi connectivity index (χ1) is 8.95. The molecule has 0 aliphatic rings. The SMILES string of the molecule is CCCC(C(=N)N)C(C)Oc1ccc(C(=N)N)cc1. The standard InChI is InChI=1S/C14H22N4O/c1-3-4-12(14(17)18)9(2)19-11-7-5-10(6-8-11)13(15)16/h5-9,12H,3-4H2,1-2H3,(H3,15,16)(H3,17,18). The molecule has 5 heteroatoms. The summed E-state index contributed by atoms with van der Waals surface area (Å²) in [5.74, 6) is 0.819. The van der Waals surface area contributed by atoms with Gasteiger partial charge in [-0.2, -0.15) is 0 Å². The van der Waals surface area contributed by atoms with E-state index in [1.165, 1.54) is 0 Å². The summed E-state index contributed by atoms with van der Waals surface area (Å²) in [6.45, 7) is 3.98. The van der Waals surface area contributed by atoms with Crippen LogP contribution in [0.25, 0.3) is 0 Å². The summed E-state index contributed by atoms with van der Waals surface area (Å²) in [5, 5.41) is 14.9. The Hall–Kier alpha value is -2.04. The summed E-state index contributed by atoms with van der Waals surface area (Å²) >= 11 is 0. The van der Waals surface area contributed by atoms with Gasteiger partial charge < -0.3 is 16.2 Å². The van der Waals surface area contributed by atoms with E-state index in [9.17, 15) is 0 Å². The third-order valence-electron chi connectivity index (χ3n) is 3.05. The quantitative estimate of drug-likeness (QED) is 0.446. The Bertz CT molecular complexity index is 441. The molecule has 1 rings (SSSR count). The van der Waals surface area contributed by atoms with Gasteiger partial charge in [-0.1, -0.05) is 13.3 Å². The van der Waals surface area contributed by atoms with Gasteiger partial charge in [0.2, 0.25) is 0 Å². The fraction of sp³-hybridized carbons (Fsp3) is 0.429. The zero-order valence-electron chi connectivity index (χ0n) is 11.4. The number of nitrogens with two attached hydrogens (primary N) is 2. The number of nitrogen functional groups attached to an aromatic ring is 1. The third-order valence-corrected chi connectivity index (χ3v) is 3.05. The summed E-state index contributed by atoms with van der Waals surface area (Å²) in [6, 6.07) is 7.03. The maximum Gasteiger partial charge on any atom is 0.122 e. The van der Waals surface area contributed by atoms with Gasteiger partial charge in [0.05, 0.1) is 11.8 Å². The molecule has 0 fully saturated rings. The van der Waals surface area contributed by atoms with Gasteiger partial charge in [-0.3, -0.25) is 10.8 Å². The number of ether oxygens (including phenoxy) is 1. The van der Waals surface area contributed by atoms with E-state index in [1.807, 2.05) is 6.92 Å². The molecular weight excluding hydrogens is 240 g/mol. The van der Waals surface area contributed by atoms with Gasteiger partial charge in [0, 0.05) is 5.56 Å². The van der Waals surface area contributed by atoms with Gasteiger partial charge in [-0.25, -0.2) is 0 Å². The lowest BCUT2D eigenvalue weighted by Crippen LogP contribution is -2.34. The predicted octanol–water partition coefficient (Wildman–Crippen LogP) is 2.09. The monoisotopic (exact) mass is 262 g/mol. The van der Waals surface area contributed by atoms with Crippen LogP contribution in [-0.4, -0.2) is 17.8 Å². The molecule has 0 radical (unpaired) electrons. The molecule has 104 valence electrons. The lowest BCUT2D eigenvalue weighted by molar-refractivity contribution is 0.177. The lowest BCUT2D eigenvalue weighted by Gasteiger charge is -2.23. The fourth-order valence-corrected chi connectivity index (χ4v) is 1.96. The second-order valence-corrected chi connectivity index (χ2v) is 4.61. The van der Waals surface area contributed by atoms with Gasteiger partial charge in [-0.15, -0.1) is 0 Å². The van der Waals surface area contributed by atoms with E-state index in [-0.39, 0.29) is 23.7 Å². The molecule has 0 aliphatic heterocycles. The molecule has 2 unspecified atom stereocenters. The van der Waals surface area contributed by atoms with Crippen molar-refractivity contribution in [2.75, 3.05) is 0 Å². The van der Waals surface area contributed by atoms with Gasteiger partial charge in [0.25, 0.3) is 0 Å². The van der Waals surface area contributed by atoms with E-state index in [4.69, 9.17) is 27.0 Å². The van der Waals surface area contributed by atoms with Crippen molar-refractivity contribution in [3.8, 4) is 5.75 Å². The first-order valence-electron chi connectivity index (χ1n) is 6.40. The molecule has 2 atom stereocenters. The van der Waals surface area contributed by atoms with Crippen molar-refractivity contribution < 1.29 is 4.74 Å². The first-order valence-corrected chi connectivity index (χ1v) is 6.40. The fourth-order valence-electron chi connectivity index (χ4n) is 1.96. The van der Waals surface area contributed by atoms with Crippen LogP contribution in [0.5, 0.6) is 5.75 Å². The Morgan fingerprint density at radius 3 is 2.21 bits per heavy atom. The average Bonchev–Trinajstić information content (AvgIpc) is 2.36. The zero-order valence-corrected chi connectivity index (χ0v) is 11.4. The van der Waals surface area contributed by atoms with E-state index in [2.05, 4.69) is 6.92 Å². The lowest BCUT2D eigenvalue weighted by atomic mass is 9.97. The Balaban J connectivity index is 2.72. The molecule has 0 spiro atoms. The van der Waals surface area contributed by atoms with Gasteiger partial charge in [-0.05, 0) is 37.6 Å². The van der Waals surface area contributed by atoms with Crippen LogP contribution in [0.2, 0.25) is 0 Å². The van der Waals surface area contributed by atoms with E-state index in [1.54, 1.807) is 24.3 Å². The Morgan fingerprint density at radius 1 is 1.21 bits per heavy atom. The third kappa shape index (κ3) is 4.28. The van der Waals surface area contributed by atoms with E-state index >= 15 is 0 Å². The molecule has 1 aromatic rings. The van der Waals surface area contributed by atoms with E-state index in [0.29, 0.717) is 11.3 Å². The summed E-state index contributed by atoms with van der Waals surface area (Å²) in [7, 11) is 0. The van der Waals surface area contributed by atoms with Crippen LogP contribution < -0.4 is 16.2 Å². The highest BCUT2D eigenvalue weighted by molar-refractivity contribution is 5.94. The highest BCUT2D eigenvalue weighted by Crippen LogP contribution is 2.19. The molecule has 0 heterocycles. The van der Waals surface area contributed by atoms with Crippen molar-refractivity contribution in [1.82, 2.24) is 0 Å². The molecule has 0 aromatic heterocycles. The van der Waals surface area contributed by atoms with Gasteiger partial charge in [0.15, 0.2) is 0 Å². The Morgan fingerprint density at radius 2 is 1.79 bits per heavy atom. The number of rotatable bonds is 7. The summed E-state index contributed by atoms with van der Waals surface area (Å²) in [4.78, 5) is 0. The zero-order chi connectivity index (χ0) is 14.4. The smallest absolute Gasteiger partial charge is 0.122 e. The van der Waals surface area contributed by atoms with Crippen LogP contribution in [0.15, 0.2) is 24.3 Å². The molecular formula is C14H22N4O.